The molecular formula is C19H20N2O3S. The number of hydrogen-bond donors (Lipinski definition) is 0. The van der Waals surface area contributed by atoms with Gasteiger partial charge in [-0.3, -0.25) is 9.80 Å². The molecule has 0 unspecified atom stereocenters. The zero-order valence-electron chi connectivity index (χ0n) is 14.2. The van der Waals surface area contributed by atoms with E-state index in [4.69, 9.17) is 0 Å². The number of anilines is 2. The third kappa shape index (κ3) is 2.52. The lowest BCUT2D eigenvalue weighted by atomic mass is 10.1. The topological polar surface area (TPSA) is 57.7 Å². The maximum absolute atomic E-state index is 13.3. The molecular weight excluding hydrogens is 336 g/mol. The van der Waals surface area contributed by atoms with Gasteiger partial charge in [0.25, 0.3) is 0 Å². The Morgan fingerprint density at radius 3 is 2.20 bits per heavy atom. The zero-order valence-corrected chi connectivity index (χ0v) is 15.0. The van der Waals surface area contributed by atoms with Gasteiger partial charge in [0.15, 0.2) is 9.84 Å². The molecule has 2 saturated heterocycles. The lowest BCUT2D eigenvalue weighted by Crippen LogP contribution is -2.38. The average molecular weight is 356 g/mol. The van der Waals surface area contributed by atoms with Gasteiger partial charge in [-0.05, 0) is 43.2 Å². The molecule has 2 aromatic carbocycles. The summed E-state index contributed by atoms with van der Waals surface area (Å²) in [4.78, 5) is 16.6. The molecule has 2 heterocycles. The lowest BCUT2D eigenvalue weighted by Gasteiger charge is -2.24. The van der Waals surface area contributed by atoms with E-state index in [0.717, 1.165) is 22.5 Å². The Morgan fingerprint density at radius 1 is 0.880 bits per heavy atom. The monoisotopic (exact) mass is 356 g/mol. The quantitative estimate of drug-likeness (QED) is 0.778. The average Bonchev–Trinajstić information content (AvgIpc) is 3.00. The minimum atomic E-state index is -3.17. The van der Waals surface area contributed by atoms with Gasteiger partial charge >= 0.3 is 6.03 Å². The molecule has 2 aliphatic heterocycles. The SMILES string of the molecule is Cc1cccc(N2C(=O)N(c3ccccc3)[C@H]3CS(=O)(=O)C[C@@H]32)c1C. The second-order valence-corrected chi connectivity index (χ2v) is 8.94. The van der Waals surface area contributed by atoms with E-state index < -0.39 is 9.84 Å². The van der Waals surface area contributed by atoms with Crippen molar-refractivity contribution in [3.8, 4) is 0 Å². The minimum Gasteiger partial charge on any atom is -0.288 e. The Bertz CT molecular complexity index is 940. The van der Waals surface area contributed by atoms with Crippen LogP contribution in [0.15, 0.2) is 48.5 Å². The number of sulfone groups is 1. The molecule has 2 atom stereocenters. The van der Waals surface area contributed by atoms with Gasteiger partial charge in [-0.2, -0.15) is 0 Å². The van der Waals surface area contributed by atoms with Gasteiger partial charge in [-0.15, -0.1) is 0 Å². The summed E-state index contributed by atoms with van der Waals surface area (Å²) in [6.45, 7) is 3.97. The maximum Gasteiger partial charge on any atom is 0.329 e. The third-order valence-electron chi connectivity index (χ3n) is 5.24. The number of aryl methyl sites for hydroxylation is 1. The Balaban J connectivity index is 1.85. The van der Waals surface area contributed by atoms with Crippen molar-refractivity contribution in [3.63, 3.8) is 0 Å². The van der Waals surface area contributed by atoms with Crippen molar-refractivity contribution in [2.45, 2.75) is 25.9 Å². The molecule has 130 valence electrons. The Labute approximate surface area is 147 Å². The summed E-state index contributed by atoms with van der Waals surface area (Å²) in [6, 6.07) is 14.3. The van der Waals surface area contributed by atoms with Crippen molar-refractivity contribution < 1.29 is 13.2 Å². The van der Waals surface area contributed by atoms with Crippen molar-refractivity contribution in [2.75, 3.05) is 21.3 Å². The van der Waals surface area contributed by atoms with Crippen LogP contribution in [0.5, 0.6) is 0 Å². The molecule has 0 radical (unpaired) electrons. The molecule has 2 amide bonds. The minimum absolute atomic E-state index is 0.0136. The van der Waals surface area contributed by atoms with E-state index in [1.807, 2.05) is 62.4 Å². The number of carbonyl (C=O) groups excluding carboxylic acids is 1. The third-order valence-corrected chi connectivity index (χ3v) is 6.94. The summed E-state index contributed by atoms with van der Waals surface area (Å²) in [6.07, 6.45) is 0. The van der Waals surface area contributed by atoms with Crippen molar-refractivity contribution >= 4 is 27.2 Å². The number of rotatable bonds is 2. The maximum atomic E-state index is 13.3. The normalized spacial score (nSPS) is 24.6. The zero-order chi connectivity index (χ0) is 17.8. The summed E-state index contributed by atoms with van der Waals surface area (Å²) >= 11 is 0. The van der Waals surface area contributed by atoms with Crippen molar-refractivity contribution in [3.05, 3.63) is 59.7 Å². The fourth-order valence-corrected chi connectivity index (χ4v) is 5.79. The molecule has 2 aromatic rings. The molecule has 6 heteroatoms. The van der Waals surface area contributed by atoms with Gasteiger partial charge in [0, 0.05) is 11.4 Å². The van der Waals surface area contributed by atoms with Crippen molar-refractivity contribution in [2.24, 2.45) is 0 Å². The van der Waals surface area contributed by atoms with Crippen LogP contribution in [0.2, 0.25) is 0 Å². The molecule has 0 saturated carbocycles. The van der Waals surface area contributed by atoms with Crippen LogP contribution in [0.3, 0.4) is 0 Å². The van der Waals surface area contributed by atoms with E-state index in [1.165, 1.54) is 0 Å². The number of carbonyl (C=O) groups is 1. The highest BCUT2D eigenvalue weighted by molar-refractivity contribution is 7.91. The van der Waals surface area contributed by atoms with Crippen LogP contribution in [0.25, 0.3) is 0 Å². The predicted octanol–water partition coefficient (Wildman–Crippen LogP) is 2.92. The fraction of sp³-hybridized carbons (Fsp3) is 0.316. The van der Waals surface area contributed by atoms with Gasteiger partial charge < -0.3 is 0 Å². The molecule has 2 fully saturated rings. The first-order valence-corrected chi connectivity index (χ1v) is 10.2. The first kappa shape index (κ1) is 16.1. The van der Waals surface area contributed by atoms with Crippen LogP contribution in [0.4, 0.5) is 16.2 Å². The second-order valence-electron chi connectivity index (χ2n) is 6.79. The van der Waals surface area contributed by atoms with E-state index in [2.05, 4.69) is 0 Å². The van der Waals surface area contributed by atoms with Crippen LogP contribution >= 0.6 is 0 Å². The summed E-state index contributed by atoms with van der Waals surface area (Å²) in [5.74, 6) is 0.0276. The largest absolute Gasteiger partial charge is 0.329 e. The molecule has 0 bridgehead atoms. The van der Waals surface area contributed by atoms with Gasteiger partial charge in [0.2, 0.25) is 0 Å². The number of urea groups is 1. The number of hydrogen-bond acceptors (Lipinski definition) is 3. The summed E-state index contributed by atoms with van der Waals surface area (Å²) in [7, 11) is -3.17. The van der Waals surface area contributed by atoms with Crippen molar-refractivity contribution in [1.29, 1.82) is 0 Å². The highest BCUT2D eigenvalue weighted by atomic mass is 32.2. The molecule has 0 aliphatic carbocycles. The first-order chi connectivity index (χ1) is 11.9. The second kappa shape index (κ2) is 5.59. The summed E-state index contributed by atoms with van der Waals surface area (Å²) in [5.41, 5.74) is 3.64. The predicted molar refractivity (Wildman–Crippen MR) is 98.9 cm³/mol. The highest BCUT2D eigenvalue weighted by Gasteiger charge is 2.54. The summed E-state index contributed by atoms with van der Waals surface area (Å²) in [5, 5.41) is 0. The molecule has 2 aliphatic rings. The molecule has 4 rings (SSSR count). The number of benzene rings is 2. The Morgan fingerprint density at radius 2 is 1.52 bits per heavy atom. The molecule has 5 nitrogen and oxygen atoms in total. The van der Waals surface area contributed by atoms with E-state index in [1.54, 1.807) is 9.80 Å². The Hall–Kier alpha value is -2.34. The molecule has 25 heavy (non-hydrogen) atoms. The standard InChI is InChI=1S/C19H20N2O3S/c1-13-7-6-10-16(14(13)2)21-18-12-25(23,24)11-17(18)20(19(21)22)15-8-4-3-5-9-15/h3-10,17-18H,11-12H2,1-2H3/t17-,18-/m0/s1. The van der Waals surface area contributed by atoms with Crippen LogP contribution in [-0.4, -0.2) is 38.0 Å². The van der Waals surface area contributed by atoms with Crippen LogP contribution in [0, 0.1) is 13.8 Å². The van der Waals surface area contributed by atoms with Crippen LogP contribution < -0.4 is 9.80 Å². The fourth-order valence-electron chi connectivity index (χ4n) is 3.87. The van der Waals surface area contributed by atoms with E-state index >= 15 is 0 Å². The highest BCUT2D eigenvalue weighted by Crippen LogP contribution is 2.39. The van der Waals surface area contributed by atoms with Crippen LogP contribution in [0.1, 0.15) is 11.1 Å². The van der Waals surface area contributed by atoms with Gasteiger partial charge in [0.05, 0.1) is 23.6 Å². The van der Waals surface area contributed by atoms with Crippen molar-refractivity contribution in [1.82, 2.24) is 0 Å². The molecule has 0 N–H and O–H groups in total. The lowest BCUT2D eigenvalue weighted by molar-refractivity contribution is 0.255. The molecule has 0 aromatic heterocycles. The van der Waals surface area contributed by atoms with Gasteiger partial charge in [-0.25, -0.2) is 13.2 Å². The number of nitrogens with zero attached hydrogens (tertiary/aromatic N) is 2. The Kier molecular flexibility index (Phi) is 3.61. The summed E-state index contributed by atoms with van der Waals surface area (Å²) < 4.78 is 24.6. The van der Waals surface area contributed by atoms with E-state index in [9.17, 15) is 13.2 Å². The number of amides is 2. The smallest absolute Gasteiger partial charge is 0.288 e. The van der Waals surface area contributed by atoms with Crippen LogP contribution in [-0.2, 0) is 9.84 Å². The molecule has 0 spiro atoms. The first-order valence-electron chi connectivity index (χ1n) is 8.33. The van der Waals surface area contributed by atoms with Gasteiger partial charge in [-0.1, -0.05) is 30.3 Å². The van der Waals surface area contributed by atoms with Gasteiger partial charge in [0.1, 0.15) is 0 Å². The van der Waals surface area contributed by atoms with E-state index in [0.29, 0.717) is 0 Å². The number of fused-ring (bicyclic) bond motifs is 1. The van der Waals surface area contributed by atoms with E-state index in [-0.39, 0.29) is 29.6 Å². The number of para-hydroxylation sites is 1.